The molecule has 0 atom stereocenters. The van der Waals surface area contributed by atoms with Gasteiger partial charge in [-0.3, -0.25) is 0 Å². The predicted octanol–water partition coefficient (Wildman–Crippen LogP) is 5.68. The Hall–Kier alpha value is -2.34. The normalized spacial score (nSPS) is 12.6. The van der Waals surface area contributed by atoms with Gasteiger partial charge in [-0.1, -0.05) is 91.5 Å². The summed E-state index contributed by atoms with van der Waals surface area (Å²) >= 11 is 0. The highest BCUT2D eigenvalue weighted by molar-refractivity contribution is 5.51. The molecule has 0 spiro atoms. The molecule has 0 nitrogen and oxygen atoms in total. The molecule has 0 bridgehead atoms. The Labute approximate surface area is 128 Å². The first-order chi connectivity index (χ1) is 10.2. The molecule has 2 aromatic rings. The molecular formula is C21H22. The van der Waals surface area contributed by atoms with Gasteiger partial charge in [-0.2, -0.15) is 0 Å². The fraction of sp³-hybridized carbons (Fsp3) is 0.143. The second-order valence-corrected chi connectivity index (χ2v) is 5.20. The summed E-state index contributed by atoms with van der Waals surface area (Å²) in [6.07, 6.45) is 8.15. The van der Waals surface area contributed by atoms with E-state index in [4.69, 9.17) is 0 Å². The zero-order chi connectivity index (χ0) is 15.1. The van der Waals surface area contributed by atoms with Crippen LogP contribution in [0.4, 0.5) is 0 Å². The minimum atomic E-state index is -0.170. The molecule has 0 aromatic heterocycles. The van der Waals surface area contributed by atoms with Gasteiger partial charge in [0, 0.05) is 5.41 Å². The van der Waals surface area contributed by atoms with Crippen LogP contribution in [0, 0.1) is 0 Å². The lowest BCUT2D eigenvalue weighted by Gasteiger charge is -2.32. The highest BCUT2D eigenvalue weighted by Crippen LogP contribution is 2.39. The van der Waals surface area contributed by atoms with Crippen LogP contribution < -0.4 is 0 Å². The molecular weight excluding hydrogens is 252 g/mol. The lowest BCUT2D eigenvalue weighted by atomic mass is 9.70. The van der Waals surface area contributed by atoms with E-state index in [1.54, 1.807) is 0 Å². The van der Waals surface area contributed by atoms with E-state index in [0.29, 0.717) is 0 Å². The summed E-state index contributed by atoms with van der Waals surface area (Å²) in [4.78, 5) is 0. The van der Waals surface area contributed by atoms with E-state index in [2.05, 4.69) is 93.2 Å². The molecule has 0 radical (unpaired) electrons. The molecule has 0 amide bonds. The zero-order valence-electron chi connectivity index (χ0n) is 12.8. The molecule has 0 saturated carbocycles. The van der Waals surface area contributed by atoms with Crippen LogP contribution in [0.15, 0.2) is 97.1 Å². The van der Waals surface area contributed by atoms with Crippen molar-refractivity contribution in [3.63, 3.8) is 0 Å². The second kappa shape index (κ2) is 6.90. The third-order valence-corrected chi connectivity index (χ3v) is 4.00. The molecule has 0 heterocycles. The number of benzene rings is 2. The molecule has 0 N–H and O–H groups in total. The molecule has 2 rings (SSSR count). The van der Waals surface area contributed by atoms with E-state index in [-0.39, 0.29) is 5.41 Å². The Morgan fingerprint density at radius 1 is 0.905 bits per heavy atom. The van der Waals surface area contributed by atoms with Gasteiger partial charge in [0.05, 0.1) is 0 Å². The van der Waals surface area contributed by atoms with Crippen LogP contribution in [0.3, 0.4) is 0 Å². The van der Waals surface area contributed by atoms with Crippen LogP contribution in [-0.2, 0) is 5.41 Å². The van der Waals surface area contributed by atoms with Gasteiger partial charge in [-0.25, -0.2) is 0 Å². The molecule has 0 aliphatic carbocycles. The summed E-state index contributed by atoms with van der Waals surface area (Å²) in [6, 6.07) is 21.3. The smallest absolute Gasteiger partial charge is 0.0420 e. The van der Waals surface area contributed by atoms with Crippen LogP contribution >= 0.6 is 0 Å². The second-order valence-electron chi connectivity index (χ2n) is 5.20. The quantitative estimate of drug-likeness (QED) is 0.615. The summed E-state index contributed by atoms with van der Waals surface area (Å²) in [5.41, 5.74) is 3.67. The number of hydrogen-bond donors (Lipinski definition) is 0. The summed E-state index contributed by atoms with van der Waals surface area (Å²) in [6.45, 7) is 8.15. The van der Waals surface area contributed by atoms with Crippen molar-refractivity contribution in [2.45, 2.75) is 19.3 Å². The Bertz CT molecular complexity index is 591. The molecule has 0 aliphatic heterocycles. The van der Waals surface area contributed by atoms with E-state index in [1.165, 1.54) is 16.7 Å². The molecule has 0 saturated heterocycles. The average Bonchev–Trinajstić information content (AvgIpc) is 2.57. The molecule has 106 valence electrons. The van der Waals surface area contributed by atoms with Gasteiger partial charge in [0.2, 0.25) is 0 Å². The predicted molar refractivity (Wildman–Crippen MR) is 92.4 cm³/mol. The molecule has 0 unspecified atom stereocenters. The highest BCUT2D eigenvalue weighted by atomic mass is 14.3. The maximum absolute atomic E-state index is 3.78. The zero-order valence-corrected chi connectivity index (χ0v) is 12.8. The number of rotatable bonds is 5. The molecule has 0 fully saturated rings. The number of hydrogen-bond acceptors (Lipinski definition) is 0. The van der Waals surface area contributed by atoms with Crippen LogP contribution in [0.1, 0.15) is 25.0 Å². The first kappa shape index (κ1) is 15.1. The topological polar surface area (TPSA) is 0 Å². The van der Waals surface area contributed by atoms with Crippen molar-refractivity contribution < 1.29 is 0 Å². The van der Waals surface area contributed by atoms with Gasteiger partial charge in [0.15, 0.2) is 0 Å². The van der Waals surface area contributed by atoms with Crippen molar-refractivity contribution in [3.8, 4) is 0 Å². The van der Waals surface area contributed by atoms with Crippen molar-refractivity contribution in [1.82, 2.24) is 0 Å². The number of allylic oxidation sites excluding steroid dienone is 5. The van der Waals surface area contributed by atoms with Gasteiger partial charge in [0.25, 0.3) is 0 Å². The average molecular weight is 274 g/mol. The van der Waals surface area contributed by atoms with Crippen molar-refractivity contribution in [3.05, 3.63) is 108 Å². The van der Waals surface area contributed by atoms with Gasteiger partial charge >= 0.3 is 0 Å². The lowest BCUT2D eigenvalue weighted by Crippen LogP contribution is -2.25. The Kier molecular flexibility index (Phi) is 4.94. The van der Waals surface area contributed by atoms with Gasteiger partial charge < -0.3 is 0 Å². The maximum atomic E-state index is 3.78. The molecule has 0 aliphatic rings. The minimum absolute atomic E-state index is 0.170. The van der Waals surface area contributed by atoms with Crippen molar-refractivity contribution in [2.24, 2.45) is 0 Å². The van der Waals surface area contributed by atoms with Crippen molar-refractivity contribution >= 4 is 0 Å². The van der Waals surface area contributed by atoms with Crippen molar-refractivity contribution in [2.75, 3.05) is 0 Å². The highest BCUT2D eigenvalue weighted by Gasteiger charge is 2.31. The van der Waals surface area contributed by atoms with E-state index in [9.17, 15) is 0 Å². The van der Waals surface area contributed by atoms with Gasteiger partial charge in [-0.15, -0.1) is 0 Å². The summed E-state index contributed by atoms with van der Waals surface area (Å²) < 4.78 is 0. The van der Waals surface area contributed by atoms with E-state index >= 15 is 0 Å². The van der Waals surface area contributed by atoms with Crippen LogP contribution in [-0.4, -0.2) is 0 Å². The lowest BCUT2D eigenvalue weighted by molar-refractivity contribution is 0.689. The van der Waals surface area contributed by atoms with E-state index < -0.39 is 0 Å². The summed E-state index contributed by atoms with van der Waals surface area (Å²) in [7, 11) is 0. The first-order valence-corrected chi connectivity index (χ1v) is 7.30. The Morgan fingerprint density at radius 2 is 1.38 bits per heavy atom. The standard InChI is InChI=1S/C21H22/c1-4-6-13-18(5-2)21(3,19-14-9-7-10-15-19)20-16-11-8-12-17-20/h4-17H,1H2,2-3H3/b13-6-,18-5+. The van der Waals surface area contributed by atoms with Crippen LogP contribution in [0.25, 0.3) is 0 Å². The SMILES string of the molecule is C=C/C=C\C(=C/C)C(C)(c1ccccc1)c1ccccc1. The first-order valence-electron chi connectivity index (χ1n) is 7.30. The van der Waals surface area contributed by atoms with Crippen molar-refractivity contribution in [1.29, 1.82) is 0 Å². The molecule has 2 aromatic carbocycles. The van der Waals surface area contributed by atoms with E-state index in [1.807, 2.05) is 12.2 Å². The molecule has 0 heteroatoms. The van der Waals surface area contributed by atoms with Crippen LogP contribution in [0.2, 0.25) is 0 Å². The van der Waals surface area contributed by atoms with Gasteiger partial charge in [0.1, 0.15) is 0 Å². The minimum Gasteiger partial charge on any atom is -0.0991 e. The van der Waals surface area contributed by atoms with E-state index in [0.717, 1.165) is 0 Å². The summed E-state index contributed by atoms with van der Waals surface area (Å²) in [5.74, 6) is 0. The Balaban J connectivity index is 2.65. The fourth-order valence-corrected chi connectivity index (χ4v) is 2.77. The third-order valence-electron chi connectivity index (χ3n) is 4.00. The van der Waals surface area contributed by atoms with Gasteiger partial charge in [-0.05, 0) is 30.5 Å². The molecule has 21 heavy (non-hydrogen) atoms. The largest absolute Gasteiger partial charge is 0.0991 e. The fourth-order valence-electron chi connectivity index (χ4n) is 2.77. The van der Waals surface area contributed by atoms with Crippen LogP contribution in [0.5, 0.6) is 0 Å². The maximum Gasteiger partial charge on any atom is 0.0420 e. The summed E-state index contributed by atoms with van der Waals surface area (Å²) in [5, 5.41) is 0. The third kappa shape index (κ3) is 3.05. The monoisotopic (exact) mass is 274 g/mol. The Morgan fingerprint density at radius 3 is 1.76 bits per heavy atom.